The van der Waals surface area contributed by atoms with Crippen LogP contribution in [0.1, 0.15) is 18.1 Å². The van der Waals surface area contributed by atoms with E-state index < -0.39 is 0 Å². The van der Waals surface area contributed by atoms with Crippen LogP contribution >= 0.6 is 0 Å². The summed E-state index contributed by atoms with van der Waals surface area (Å²) >= 11 is 0. The Hall–Kier alpha value is -1.39. The first-order valence-corrected chi connectivity index (χ1v) is 6.90. The van der Waals surface area contributed by atoms with Crippen molar-refractivity contribution < 1.29 is 14.4 Å². The number of amides is 1. The van der Waals surface area contributed by atoms with Gasteiger partial charge in [0.05, 0.1) is 13.2 Å². The van der Waals surface area contributed by atoms with Crippen LogP contribution in [0.2, 0.25) is 0 Å². The monoisotopic (exact) mass is 263 g/mol. The predicted octanol–water partition coefficient (Wildman–Crippen LogP) is -0.221. The molecule has 2 atom stereocenters. The minimum absolute atomic E-state index is 0.00906. The molecule has 2 N–H and O–H groups in total. The van der Waals surface area contributed by atoms with Crippen molar-refractivity contribution in [3.63, 3.8) is 0 Å². The molecular weight excluding hydrogens is 240 g/mol. The van der Waals surface area contributed by atoms with Gasteiger partial charge >= 0.3 is 0 Å². The van der Waals surface area contributed by atoms with Crippen molar-refractivity contribution in [2.24, 2.45) is 0 Å². The number of carbonyl (C=O) groups excluding carboxylic acids is 1. The summed E-state index contributed by atoms with van der Waals surface area (Å²) in [4.78, 5) is 13.4. The Bertz CT molecular complexity index is 434. The van der Waals surface area contributed by atoms with E-state index in [4.69, 9.17) is 4.74 Å². The molecule has 0 fully saturated rings. The summed E-state index contributed by atoms with van der Waals surface area (Å²) < 4.78 is 4.94. The maximum Gasteiger partial charge on any atom is 0.278 e. The minimum atomic E-state index is -0.00906. The zero-order chi connectivity index (χ0) is 13.7. The van der Waals surface area contributed by atoms with Gasteiger partial charge in [-0.25, -0.2) is 0 Å². The summed E-state index contributed by atoms with van der Waals surface area (Å²) in [6, 6.07) is 8.51. The molecule has 0 radical (unpaired) electrons. The highest BCUT2D eigenvalue weighted by molar-refractivity contribution is 5.79. The molecule has 1 amide bonds. The van der Waals surface area contributed by atoms with Crippen molar-refractivity contribution in [1.29, 1.82) is 0 Å². The lowest BCUT2D eigenvalue weighted by Crippen LogP contribution is -3.16. The smallest absolute Gasteiger partial charge is 0.278 e. The van der Waals surface area contributed by atoms with Gasteiger partial charge in [-0.1, -0.05) is 24.3 Å². The second-order valence-electron chi connectivity index (χ2n) is 5.11. The predicted molar refractivity (Wildman–Crippen MR) is 74.0 cm³/mol. The Morgan fingerprint density at radius 3 is 2.89 bits per heavy atom. The van der Waals surface area contributed by atoms with E-state index in [1.165, 1.54) is 16.0 Å². The summed E-state index contributed by atoms with van der Waals surface area (Å²) in [5.74, 6) is 0.117. The number of carbonyl (C=O) groups is 1. The lowest BCUT2D eigenvalue weighted by molar-refractivity contribution is -0.929. The van der Waals surface area contributed by atoms with E-state index in [1.54, 1.807) is 7.11 Å². The molecule has 104 valence electrons. The second kappa shape index (κ2) is 6.68. The Kier molecular flexibility index (Phi) is 4.93. The van der Waals surface area contributed by atoms with E-state index in [0.717, 1.165) is 19.5 Å². The van der Waals surface area contributed by atoms with Crippen molar-refractivity contribution >= 4 is 5.91 Å². The van der Waals surface area contributed by atoms with Gasteiger partial charge < -0.3 is 15.0 Å². The van der Waals surface area contributed by atoms with E-state index in [9.17, 15) is 4.79 Å². The molecule has 1 heterocycles. The lowest BCUT2D eigenvalue weighted by atomic mass is 9.99. The summed E-state index contributed by atoms with van der Waals surface area (Å²) in [7, 11) is 1.64. The molecule has 4 nitrogen and oxygen atoms in total. The standard InChI is InChI=1S/C15H22N2O2/c1-12(15(18)16-8-10-19-2)17-9-7-13-5-3-4-6-14(13)11-17/h3-6,12H,7-11H2,1-2H3,(H,16,18)/p+1/t12-/m1/s1. The Labute approximate surface area is 114 Å². The largest absolute Gasteiger partial charge is 0.383 e. The number of quaternary nitrogens is 1. The van der Waals surface area contributed by atoms with Gasteiger partial charge in [0.2, 0.25) is 0 Å². The van der Waals surface area contributed by atoms with Crippen LogP contribution in [-0.4, -0.2) is 38.8 Å². The molecule has 1 aromatic rings. The van der Waals surface area contributed by atoms with E-state index in [1.807, 2.05) is 6.92 Å². The van der Waals surface area contributed by atoms with Gasteiger partial charge in [0, 0.05) is 25.6 Å². The summed E-state index contributed by atoms with van der Waals surface area (Å²) in [5, 5.41) is 2.92. The fourth-order valence-electron chi connectivity index (χ4n) is 2.59. The summed E-state index contributed by atoms with van der Waals surface area (Å²) in [6.45, 7) is 5.12. The highest BCUT2D eigenvalue weighted by Crippen LogP contribution is 2.10. The highest BCUT2D eigenvalue weighted by Gasteiger charge is 2.28. The summed E-state index contributed by atoms with van der Waals surface area (Å²) in [6.07, 6.45) is 1.06. The Morgan fingerprint density at radius 2 is 2.16 bits per heavy atom. The Balaban J connectivity index is 1.91. The zero-order valence-corrected chi connectivity index (χ0v) is 11.7. The molecule has 1 aliphatic rings. The van der Waals surface area contributed by atoms with E-state index >= 15 is 0 Å². The number of fused-ring (bicyclic) bond motifs is 1. The molecule has 1 aliphatic heterocycles. The molecule has 1 aromatic carbocycles. The third kappa shape index (κ3) is 3.55. The van der Waals surface area contributed by atoms with Gasteiger partial charge in [-0.3, -0.25) is 4.79 Å². The zero-order valence-electron chi connectivity index (χ0n) is 11.7. The third-order valence-electron chi connectivity index (χ3n) is 3.86. The average Bonchev–Trinajstić information content (AvgIpc) is 2.46. The highest BCUT2D eigenvalue weighted by atomic mass is 16.5. The molecule has 0 saturated carbocycles. The van der Waals surface area contributed by atoms with Gasteiger partial charge in [-0.05, 0) is 12.5 Å². The number of methoxy groups -OCH3 is 1. The third-order valence-corrected chi connectivity index (χ3v) is 3.86. The van der Waals surface area contributed by atoms with Crippen molar-refractivity contribution in [3.05, 3.63) is 35.4 Å². The van der Waals surface area contributed by atoms with Crippen LogP contribution in [0.5, 0.6) is 0 Å². The maximum absolute atomic E-state index is 12.0. The van der Waals surface area contributed by atoms with Crippen LogP contribution in [0.4, 0.5) is 0 Å². The molecule has 0 saturated heterocycles. The van der Waals surface area contributed by atoms with Gasteiger partial charge in [-0.2, -0.15) is 0 Å². The van der Waals surface area contributed by atoms with Gasteiger partial charge in [0.1, 0.15) is 6.54 Å². The molecule has 0 aromatic heterocycles. The summed E-state index contributed by atoms with van der Waals surface area (Å²) in [5.41, 5.74) is 2.80. The molecule has 0 spiro atoms. The fraction of sp³-hybridized carbons (Fsp3) is 0.533. The number of nitrogens with one attached hydrogen (secondary N) is 2. The van der Waals surface area contributed by atoms with Crippen LogP contribution in [0, 0.1) is 0 Å². The molecule has 0 aliphatic carbocycles. The van der Waals surface area contributed by atoms with Gasteiger partial charge in [0.15, 0.2) is 6.04 Å². The quantitative estimate of drug-likeness (QED) is 0.721. The first-order valence-electron chi connectivity index (χ1n) is 6.90. The number of rotatable bonds is 5. The molecule has 4 heteroatoms. The van der Waals surface area contributed by atoms with Crippen molar-refractivity contribution in [2.45, 2.75) is 25.9 Å². The van der Waals surface area contributed by atoms with E-state index in [-0.39, 0.29) is 11.9 Å². The number of ether oxygens (including phenoxy) is 1. The Morgan fingerprint density at radius 1 is 1.42 bits per heavy atom. The van der Waals surface area contributed by atoms with Gasteiger partial charge in [-0.15, -0.1) is 0 Å². The van der Waals surface area contributed by atoms with E-state index in [0.29, 0.717) is 13.2 Å². The molecule has 1 unspecified atom stereocenters. The second-order valence-corrected chi connectivity index (χ2v) is 5.11. The fourth-order valence-corrected chi connectivity index (χ4v) is 2.59. The first kappa shape index (κ1) is 14.0. The molecular formula is C15H23N2O2+. The number of hydrogen-bond donors (Lipinski definition) is 2. The van der Waals surface area contributed by atoms with Crippen LogP contribution in [0.25, 0.3) is 0 Å². The van der Waals surface area contributed by atoms with Gasteiger partial charge in [0.25, 0.3) is 5.91 Å². The molecule has 0 bridgehead atoms. The van der Waals surface area contributed by atoms with Crippen molar-refractivity contribution in [1.82, 2.24) is 5.32 Å². The normalized spacial score (nSPS) is 19.6. The topological polar surface area (TPSA) is 42.8 Å². The number of benzene rings is 1. The van der Waals surface area contributed by atoms with E-state index in [2.05, 4.69) is 29.6 Å². The van der Waals surface area contributed by atoms with Crippen LogP contribution in [0.3, 0.4) is 0 Å². The molecule has 19 heavy (non-hydrogen) atoms. The molecule has 2 rings (SSSR count). The number of hydrogen-bond acceptors (Lipinski definition) is 2. The maximum atomic E-state index is 12.0. The van der Waals surface area contributed by atoms with Crippen LogP contribution in [0.15, 0.2) is 24.3 Å². The van der Waals surface area contributed by atoms with Crippen molar-refractivity contribution in [3.8, 4) is 0 Å². The van der Waals surface area contributed by atoms with Crippen molar-refractivity contribution in [2.75, 3.05) is 26.8 Å². The first-order chi connectivity index (χ1) is 9.22. The minimum Gasteiger partial charge on any atom is -0.383 e. The van der Waals surface area contributed by atoms with Crippen LogP contribution in [-0.2, 0) is 22.5 Å². The van der Waals surface area contributed by atoms with Crippen LogP contribution < -0.4 is 10.2 Å². The SMILES string of the molecule is COCCNC(=O)[C@@H](C)[NH+]1CCc2ccccc2C1. The average molecular weight is 263 g/mol. The lowest BCUT2D eigenvalue weighted by Gasteiger charge is -2.30.